The van der Waals surface area contributed by atoms with Gasteiger partial charge in [0.25, 0.3) is 0 Å². The van der Waals surface area contributed by atoms with E-state index in [0.717, 1.165) is 6.07 Å². The van der Waals surface area contributed by atoms with Gasteiger partial charge in [0.2, 0.25) is 5.95 Å². The SMILES string of the molecule is CC(C)(C)Nc1nc(Nc2c(F)cccc2Cl)cc(C(F)(F)F)n1. The van der Waals surface area contributed by atoms with Crippen molar-refractivity contribution in [3.63, 3.8) is 0 Å². The zero-order valence-electron chi connectivity index (χ0n) is 13.1. The molecule has 130 valence electrons. The minimum atomic E-state index is -4.67. The Bertz CT molecular complexity index is 721. The van der Waals surface area contributed by atoms with Crippen LogP contribution in [0.25, 0.3) is 0 Å². The maximum absolute atomic E-state index is 13.8. The van der Waals surface area contributed by atoms with Gasteiger partial charge in [-0.2, -0.15) is 18.2 Å². The second-order valence-electron chi connectivity index (χ2n) is 6.06. The molecule has 0 unspecified atom stereocenters. The molecule has 2 aromatic rings. The van der Waals surface area contributed by atoms with Gasteiger partial charge in [0, 0.05) is 11.6 Å². The highest BCUT2D eigenvalue weighted by Gasteiger charge is 2.34. The minimum Gasteiger partial charge on any atom is -0.350 e. The molecule has 1 aromatic heterocycles. The summed E-state index contributed by atoms with van der Waals surface area (Å²) in [5.41, 5.74) is -1.87. The van der Waals surface area contributed by atoms with E-state index < -0.39 is 23.2 Å². The van der Waals surface area contributed by atoms with Gasteiger partial charge in [-0.1, -0.05) is 17.7 Å². The minimum absolute atomic E-state index is 0.0208. The van der Waals surface area contributed by atoms with Crippen molar-refractivity contribution in [3.8, 4) is 0 Å². The first kappa shape index (κ1) is 18.3. The smallest absolute Gasteiger partial charge is 0.350 e. The average molecular weight is 363 g/mol. The lowest BCUT2D eigenvalue weighted by atomic mass is 10.1. The third-order valence-corrected chi connectivity index (χ3v) is 3.03. The van der Waals surface area contributed by atoms with Gasteiger partial charge in [-0.15, -0.1) is 0 Å². The monoisotopic (exact) mass is 362 g/mol. The Labute approximate surface area is 141 Å². The van der Waals surface area contributed by atoms with Crippen molar-refractivity contribution in [1.82, 2.24) is 9.97 Å². The van der Waals surface area contributed by atoms with Gasteiger partial charge < -0.3 is 10.6 Å². The molecule has 0 saturated carbocycles. The Morgan fingerprint density at radius 3 is 2.29 bits per heavy atom. The number of hydrogen-bond donors (Lipinski definition) is 2. The maximum atomic E-state index is 13.8. The van der Waals surface area contributed by atoms with E-state index in [9.17, 15) is 17.6 Å². The highest BCUT2D eigenvalue weighted by Crippen LogP contribution is 2.32. The van der Waals surface area contributed by atoms with Crippen LogP contribution in [-0.2, 0) is 6.18 Å². The Kier molecular flexibility index (Phi) is 4.89. The van der Waals surface area contributed by atoms with Crippen LogP contribution in [0.2, 0.25) is 5.02 Å². The Morgan fingerprint density at radius 1 is 1.08 bits per heavy atom. The number of para-hydroxylation sites is 1. The number of halogens is 5. The van der Waals surface area contributed by atoms with Crippen LogP contribution in [0.3, 0.4) is 0 Å². The molecule has 4 nitrogen and oxygen atoms in total. The summed E-state index contributed by atoms with van der Waals surface area (Å²) in [5.74, 6) is -1.16. The zero-order chi connectivity index (χ0) is 18.1. The van der Waals surface area contributed by atoms with Gasteiger partial charge in [-0.25, -0.2) is 9.37 Å². The van der Waals surface area contributed by atoms with E-state index >= 15 is 0 Å². The Balaban J connectivity index is 2.47. The number of aromatic nitrogens is 2. The van der Waals surface area contributed by atoms with Crippen molar-refractivity contribution in [2.24, 2.45) is 0 Å². The molecule has 0 spiro atoms. The summed E-state index contributed by atoms with van der Waals surface area (Å²) in [5, 5.41) is 5.26. The number of nitrogens with zero attached hydrogens (tertiary/aromatic N) is 2. The lowest BCUT2D eigenvalue weighted by molar-refractivity contribution is -0.141. The fourth-order valence-electron chi connectivity index (χ4n) is 1.79. The zero-order valence-corrected chi connectivity index (χ0v) is 13.8. The number of rotatable bonds is 3. The van der Waals surface area contributed by atoms with Crippen LogP contribution in [0, 0.1) is 5.82 Å². The van der Waals surface area contributed by atoms with Gasteiger partial charge in [0.1, 0.15) is 11.6 Å². The third kappa shape index (κ3) is 4.70. The fraction of sp³-hybridized carbons (Fsp3) is 0.333. The van der Waals surface area contributed by atoms with Gasteiger partial charge in [0.05, 0.1) is 10.7 Å². The summed E-state index contributed by atoms with van der Waals surface area (Å²) in [6.07, 6.45) is -4.67. The highest BCUT2D eigenvalue weighted by molar-refractivity contribution is 6.33. The van der Waals surface area contributed by atoms with Crippen LogP contribution in [0.5, 0.6) is 0 Å². The first-order chi connectivity index (χ1) is 11.0. The van der Waals surface area contributed by atoms with Gasteiger partial charge in [-0.05, 0) is 32.9 Å². The lowest BCUT2D eigenvalue weighted by Crippen LogP contribution is -2.28. The maximum Gasteiger partial charge on any atom is 0.433 e. The molecule has 0 amide bonds. The van der Waals surface area contributed by atoms with E-state index in [4.69, 9.17) is 11.6 Å². The Morgan fingerprint density at radius 2 is 1.75 bits per heavy atom. The number of benzene rings is 1. The van der Waals surface area contributed by atoms with Crippen LogP contribution in [0.15, 0.2) is 24.3 Å². The van der Waals surface area contributed by atoms with Crippen molar-refractivity contribution in [2.75, 3.05) is 10.6 Å². The van der Waals surface area contributed by atoms with E-state index in [1.54, 1.807) is 20.8 Å². The first-order valence-electron chi connectivity index (χ1n) is 6.91. The van der Waals surface area contributed by atoms with E-state index in [1.807, 2.05) is 0 Å². The molecule has 0 fully saturated rings. The summed E-state index contributed by atoms with van der Waals surface area (Å²) in [6, 6.07) is 4.62. The molecule has 2 N–H and O–H groups in total. The number of anilines is 3. The van der Waals surface area contributed by atoms with Gasteiger partial charge in [-0.3, -0.25) is 0 Å². The van der Waals surface area contributed by atoms with Gasteiger partial charge in [0.15, 0.2) is 5.69 Å². The normalized spacial score (nSPS) is 12.2. The summed E-state index contributed by atoms with van der Waals surface area (Å²) in [7, 11) is 0. The molecule has 24 heavy (non-hydrogen) atoms. The number of nitrogens with one attached hydrogen (secondary N) is 2. The van der Waals surface area contributed by atoms with Crippen molar-refractivity contribution >= 4 is 29.1 Å². The van der Waals surface area contributed by atoms with Crippen molar-refractivity contribution in [2.45, 2.75) is 32.5 Å². The molecule has 0 radical (unpaired) electrons. The van der Waals surface area contributed by atoms with Gasteiger partial charge >= 0.3 is 6.18 Å². The number of hydrogen-bond acceptors (Lipinski definition) is 4. The largest absolute Gasteiger partial charge is 0.433 e. The second kappa shape index (κ2) is 6.43. The van der Waals surface area contributed by atoms with E-state index in [1.165, 1.54) is 12.1 Å². The molecule has 0 saturated heterocycles. The van der Waals surface area contributed by atoms with E-state index in [-0.39, 0.29) is 22.5 Å². The first-order valence-corrected chi connectivity index (χ1v) is 7.29. The highest BCUT2D eigenvalue weighted by atomic mass is 35.5. The average Bonchev–Trinajstić information content (AvgIpc) is 2.40. The molecule has 9 heteroatoms. The quantitative estimate of drug-likeness (QED) is 0.733. The third-order valence-electron chi connectivity index (χ3n) is 2.72. The van der Waals surface area contributed by atoms with Crippen LogP contribution < -0.4 is 10.6 Å². The summed E-state index contributed by atoms with van der Waals surface area (Å²) in [4.78, 5) is 7.41. The molecule has 0 aliphatic carbocycles. The van der Waals surface area contributed by atoms with Crippen molar-refractivity contribution < 1.29 is 17.6 Å². The van der Waals surface area contributed by atoms with Crippen molar-refractivity contribution in [1.29, 1.82) is 0 Å². The van der Waals surface area contributed by atoms with Crippen molar-refractivity contribution in [3.05, 3.63) is 40.8 Å². The second-order valence-corrected chi connectivity index (χ2v) is 6.46. The molecular formula is C15H15ClF4N4. The summed E-state index contributed by atoms with van der Waals surface area (Å²) >= 11 is 5.87. The molecule has 2 rings (SSSR count). The molecule has 0 aliphatic heterocycles. The van der Waals surface area contributed by atoms with Crippen LogP contribution in [-0.4, -0.2) is 15.5 Å². The lowest BCUT2D eigenvalue weighted by Gasteiger charge is -2.21. The Hall–Kier alpha value is -2.09. The molecule has 0 bridgehead atoms. The van der Waals surface area contributed by atoms with Crippen LogP contribution >= 0.6 is 11.6 Å². The topological polar surface area (TPSA) is 49.8 Å². The van der Waals surface area contributed by atoms with E-state index in [2.05, 4.69) is 20.6 Å². The molecular weight excluding hydrogens is 348 g/mol. The molecule has 1 aromatic carbocycles. The van der Waals surface area contributed by atoms with Crippen LogP contribution in [0.1, 0.15) is 26.5 Å². The van der Waals surface area contributed by atoms with Crippen LogP contribution in [0.4, 0.5) is 35.0 Å². The standard InChI is InChI=1S/C15H15ClF4N4/c1-14(2,3)24-13-21-10(15(18,19)20)7-11(23-13)22-12-8(16)5-4-6-9(12)17/h4-7H,1-3H3,(H2,21,22,23,24). The molecule has 1 heterocycles. The molecule has 0 aliphatic rings. The summed E-state index contributed by atoms with van der Waals surface area (Å²) < 4.78 is 52.9. The molecule has 0 atom stereocenters. The summed E-state index contributed by atoms with van der Waals surface area (Å²) in [6.45, 7) is 5.24. The predicted octanol–water partition coefficient (Wildman–Crippen LogP) is 5.24. The predicted molar refractivity (Wildman–Crippen MR) is 85.1 cm³/mol. The fourth-order valence-corrected chi connectivity index (χ4v) is 2.00. The number of alkyl halides is 3. The van der Waals surface area contributed by atoms with E-state index in [0.29, 0.717) is 6.07 Å².